The van der Waals surface area contributed by atoms with E-state index in [-0.39, 0.29) is 0 Å². The number of rotatable bonds is 7. The van der Waals surface area contributed by atoms with Gasteiger partial charge in [0.05, 0.1) is 17.0 Å². The molecule has 1 aromatic carbocycles. The van der Waals surface area contributed by atoms with Crippen LogP contribution in [0.5, 0.6) is 5.75 Å². The summed E-state index contributed by atoms with van der Waals surface area (Å²) in [6.45, 7) is 6.44. The second-order valence-electron chi connectivity index (χ2n) is 4.93. The van der Waals surface area contributed by atoms with Crippen LogP contribution in [0.25, 0.3) is 0 Å². The van der Waals surface area contributed by atoms with Crippen LogP contribution in [0.2, 0.25) is 0 Å². The van der Waals surface area contributed by atoms with Crippen molar-refractivity contribution in [2.45, 2.75) is 32.1 Å². The summed E-state index contributed by atoms with van der Waals surface area (Å²) < 4.78 is 33.0. The SMILES string of the molecule is CCOc1cc(C)c(S(=O)(=O)NCCc2cncs2)cc1C. The van der Waals surface area contributed by atoms with E-state index in [2.05, 4.69) is 9.71 Å². The highest BCUT2D eigenvalue weighted by Gasteiger charge is 2.18. The molecule has 5 nitrogen and oxygen atoms in total. The van der Waals surface area contributed by atoms with Gasteiger partial charge in [-0.1, -0.05) is 0 Å². The molecule has 22 heavy (non-hydrogen) atoms. The first-order chi connectivity index (χ1) is 10.4. The van der Waals surface area contributed by atoms with E-state index >= 15 is 0 Å². The highest BCUT2D eigenvalue weighted by Crippen LogP contribution is 2.25. The van der Waals surface area contributed by atoms with Gasteiger partial charge in [0.25, 0.3) is 0 Å². The smallest absolute Gasteiger partial charge is 0.240 e. The van der Waals surface area contributed by atoms with Gasteiger partial charge >= 0.3 is 0 Å². The van der Waals surface area contributed by atoms with Crippen molar-refractivity contribution in [1.29, 1.82) is 0 Å². The summed E-state index contributed by atoms with van der Waals surface area (Å²) in [5.41, 5.74) is 3.23. The number of hydrogen-bond acceptors (Lipinski definition) is 5. The molecule has 0 saturated carbocycles. The molecule has 0 bridgehead atoms. The van der Waals surface area contributed by atoms with Crippen molar-refractivity contribution in [3.8, 4) is 5.75 Å². The van der Waals surface area contributed by atoms with E-state index in [1.807, 2.05) is 13.8 Å². The number of aryl methyl sites for hydroxylation is 2. The van der Waals surface area contributed by atoms with Gasteiger partial charge in [0.1, 0.15) is 5.75 Å². The zero-order valence-electron chi connectivity index (χ0n) is 12.9. The van der Waals surface area contributed by atoms with E-state index < -0.39 is 10.0 Å². The predicted molar refractivity (Wildman–Crippen MR) is 88.1 cm³/mol. The molecule has 2 rings (SSSR count). The molecular weight excluding hydrogens is 320 g/mol. The molecule has 0 saturated heterocycles. The quantitative estimate of drug-likeness (QED) is 0.841. The summed E-state index contributed by atoms with van der Waals surface area (Å²) in [5, 5.41) is 0. The van der Waals surface area contributed by atoms with Crippen LogP contribution in [-0.4, -0.2) is 26.6 Å². The number of hydrogen-bond donors (Lipinski definition) is 1. The highest BCUT2D eigenvalue weighted by molar-refractivity contribution is 7.89. The first kappa shape index (κ1) is 16.9. The Balaban J connectivity index is 2.13. The third-order valence-corrected chi connectivity index (χ3v) is 5.65. The molecule has 2 aromatic rings. The van der Waals surface area contributed by atoms with Crippen LogP contribution < -0.4 is 9.46 Å². The molecule has 0 aliphatic rings. The fourth-order valence-electron chi connectivity index (χ4n) is 2.12. The van der Waals surface area contributed by atoms with Crippen LogP contribution in [0.15, 0.2) is 28.7 Å². The topological polar surface area (TPSA) is 68.3 Å². The van der Waals surface area contributed by atoms with Gasteiger partial charge < -0.3 is 4.74 Å². The number of aromatic nitrogens is 1. The average Bonchev–Trinajstić information content (AvgIpc) is 2.95. The Hall–Kier alpha value is -1.44. The van der Waals surface area contributed by atoms with Gasteiger partial charge in [-0.2, -0.15) is 0 Å². The lowest BCUT2D eigenvalue weighted by Crippen LogP contribution is -2.26. The van der Waals surface area contributed by atoms with Gasteiger partial charge in [0.15, 0.2) is 0 Å². The minimum Gasteiger partial charge on any atom is -0.494 e. The second kappa shape index (κ2) is 7.21. The Morgan fingerprint density at radius 2 is 2.05 bits per heavy atom. The summed E-state index contributed by atoms with van der Waals surface area (Å²) >= 11 is 1.52. The maximum atomic E-state index is 12.4. The zero-order chi connectivity index (χ0) is 16.2. The van der Waals surface area contributed by atoms with Gasteiger partial charge in [0, 0.05) is 17.6 Å². The molecule has 0 aliphatic carbocycles. The summed E-state index contributed by atoms with van der Waals surface area (Å²) in [7, 11) is -3.52. The lowest BCUT2D eigenvalue weighted by Gasteiger charge is -2.13. The fourth-order valence-corrected chi connectivity index (χ4v) is 4.06. The third-order valence-electron chi connectivity index (χ3n) is 3.21. The molecule has 0 atom stereocenters. The zero-order valence-corrected chi connectivity index (χ0v) is 14.6. The van der Waals surface area contributed by atoms with Crippen molar-refractivity contribution in [3.05, 3.63) is 39.8 Å². The normalized spacial score (nSPS) is 11.6. The molecule has 0 aliphatic heterocycles. The summed E-state index contributed by atoms with van der Waals surface area (Å²) in [6.07, 6.45) is 2.39. The Morgan fingerprint density at radius 1 is 1.27 bits per heavy atom. The van der Waals surface area contributed by atoms with E-state index in [4.69, 9.17) is 4.74 Å². The third kappa shape index (κ3) is 4.06. The number of ether oxygens (including phenoxy) is 1. The van der Waals surface area contributed by atoms with Crippen molar-refractivity contribution in [2.75, 3.05) is 13.2 Å². The maximum absolute atomic E-state index is 12.4. The monoisotopic (exact) mass is 340 g/mol. The number of nitrogens with one attached hydrogen (secondary N) is 1. The molecule has 1 N–H and O–H groups in total. The minimum absolute atomic E-state index is 0.303. The van der Waals surface area contributed by atoms with E-state index in [1.54, 1.807) is 30.8 Å². The standard InChI is InChI=1S/C15H20N2O3S2/c1-4-20-14-7-12(3)15(8-11(14)2)22(18,19)17-6-5-13-9-16-10-21-13/h7-10,17H,4-6H2,1-3H3. The van der Waals surface area contributed by atoms with Crippen molar-refractivity contribution in [2.24, 2.45) is 0 Å². The highest BCUT2D eigenvalue weighted by atomic mass is 32.2. The Bertz CT molecular complexity index is 725. The molecule has 0 fully saturated rings. The van der Waals surface area contributed by atoms with E-state index in [9.17, 15) is 8.42 Å². The molecular formula is C15H20N2O3S2. The lowest BCUT2D eigenvalue weighted by molar-refractivity contribution is 0.337. The van der Waals surface area contributed by atoms with Crippen LogP contribution in [0.1, 0.15) is 22.9 Å². The van der Waals surface area contributed by atoms with Crippen molar-refractivity contribution >= 4 is 21.4 Å². The van der Waals surface area contributed by atoms with Gasteiger partial charge in [-0.3, -0.25) is 4.98 Å². The summed E-state index contributed by atoms with van der Waals surface area (Å²) in [4.78, 5) is 5.34. The van der Waals surface area contributed by atoms with Gasteiger partial charge in [-0.05, 0) is 50.5 Å². The molecule has 7 heteroatoms. The van der Waals surface area contributed by atoms with Crippen molar-refractivity contribution in [1.82, 2.24) is 9.71 Å². The molecule has 1 heterocycles. The van der Waals surface area contributed by atoms with Crippen LogP contribution >= 0.6 is 11.3 Å². The molecule has 120 valence electrons. The molecule has 0 spiro atoms. The Morgan fingerprint density at radius 3 is 2.68 bits per heavy atom. The van der Waals surface area contributed by atoms with Crippen molar-refractivity contribution < 1.29 is 13.2 Å². The van der Waals surface area contributed by atoms with Crippen LogP contribution in [0, 0.1) is 13.8 Å². The molecule has 0 radical (unpaired) electrons. The van der Waals surface area contributed by atoms with E-state index in [0.29, 0.717) is 30.0 Å². The van der Waals surface area contributed by atoms with E-state index in [0.717, 1.165) is 16.2 Å². The molecule has 0 unspecified atom stereocenters. The Kier molecular flexibility index (Phi) is 5.55. The van der Waals surface area contributed by atoms with Gasteiger partial charge in [-0.25, -0.2) is 13.1 Å². The van der Waals surface area contributed by atoms with Gasteiger partial charge in [-0.15, -0.1) is 11.3 Å². The van der Waals surface area contributed by atoms with Gasteiger partial charge in [0.2, 0.25) is 10.0 Å². The molecule has 0 amide bonds. The second-order valence-corrected chi connectivity index (χ2v) is 7.64. The Labute approximate surface area is 135 Å². The largest absolute Gasteiger partial charge is 0.494 e. The number of benzene rings is 1. The van der Waals surface area contributed by atoms with E-state index in [1.165, 1.54) is 11.3 Å². The lowest BCUT2D eigenvalue weighted by atomic mass is 10.1. The van der Waals surface area contributed by atoms with Crippen LogP contribution in [-0.2, 0) is 16.4 Å². The maximum Gasteiger partial charge on any atom is 0.240 e. The predicted octanol–water partition coefficient (Wildman–Crippen LogP) is 2.68. The number of nitrogens with zero attached hydrogens (tertiary/aromatic N) is 1. The minimum atomic E-state index is -3.52. The van der Waals surface area contributed by atoms with Crippen molar-refractivity contribution in [3.63, 3.8) is 0 Å². The average molecular weight is 340 g/mol. The first-order valence-corrected chi connectivity index (χ1v) is 9.41. The molecule has 1 aromatic heterocycles. The van der Waals surface area contributed by atoms with Crippen LogP contribution in [0.4, 0.5) is 0 Å². The van der Waals surface area contributed by atoms with Crippen LogP contribution in [0.3, 0.4) is 0 Å². The first-order valence-electron chi connectivity index (χ1n) is 7.05. The fraction of sp³-hybridized carbons (Fsp3) is 0.400. The summed E-state index contributed by atoms with van der Waals surface area (Å²) in [6, 6.07) is 3.44. The summed E-state index contributed by atoms with van der Waals surface area (Å²) in [5.74, 6) is 0.726. The number of sulfonamides is 1. The number of thiazole rings is 1.